The SMILES string of the molecule is CN=C(NCCCCn1c(C)cccc1=O)NCC(=O)NC(C)(C)C.I. The van der Waals surface area contributed by atoms with E-state index in [1.165, 1.54) is 0 Å². The number of carbonyl (C=O) groups excluding carboxylic acids is 1. The van der Waals surface area contributed by atoms with E-state index in [1.54, 1.807) is 23.7 Å². The number of nitrogens with zero attached hydrogens (tertiary/aromatic N) is 2. The number of hydrogen-bond donors (Lipinski definition) is 3. The van der Waals surface area contributed by atoms with Gasteiger partial charge < -0.3 is 20.5 Å². The van der Waals surface area contributed by atoms with Crippen molar-refractivity contribution in [1.29, 1.82) is 0 Å². The van der Waals surface area contributed by atoms with Crippen LogP contribution in [0.25, 0.3) is 0 Å². The van der Waals surface area contributed by atoms with Gasteiger partial charge in [0.05, 0.1) is 6.54 Å². The van der Waals surface area contributed by atoms with Crippen molar-refractivity contribution in [2.45, 2.75) is 52.6 Å². The maximum Gasteiger partial charge on any atom is 0.250 e. The highest BCUT2D eigenvalue weighted by molar-refractivity contribution is 14.0. The molecule has 0 aliphatic heterocycles. The fourth-order valence-electron chi connectivity index (χ4n) is 2.36. The molecule has 0 atom stereocenters. The number of guanidine groups is 1. The zero-order chi connectivity index (χ0) is 18.9. The van der Waals surface area contributed by atoms with Crippen LogP contribution in [0.5, 0.6) is 0 Å². The zero-order valence-electron chi connectivity index (χ0n) is 16.4. The Morgan fingerprint density at radius 3 is 2.46 bits per heavy atom. The first-order chi connectivity index (χ1) is 11.7. The minimum atomic E-state index is -0.247. The molecule has 0 aliphatic carbocycles. The summed E-state index contributed by atoms with van der Waals surface area (Å²) in [6.45, 7) is 9.37. The Kier molecular flexibility index (Phi) is 11.2. The van der Waals surface area contributed by atoms with Crippen LogP contribution in [-0.4, -0.2) is 42.1 Å². The summed E-state index contributed by atoms with van der Waals surface area (Å²) in [5, 5.41) is 9.05. The minimum absolute atomic E-state index is 0. The molecule has 1 rings (SSSR count). The Hall–Kier alpha value is -1.58. The molecule has 26 heavy (non-hydrogen) atoms. The molecule has 0 fully saturated rings. The van der Waals surface area contributed by atoms with Crippen molar-refractivity contribution in [2.75, 3.05) is 20.1 Å². The second kappa shape index (κ2) is 11.9. The van der Waals surface area contributed by atoms with Crippen molar-refractivity contribution < 1.29 is 4.79 Å². The van der Waals surface area contributed by atoms with Crippen LogP contribution in [0.1, 0.15) is 39.3 Å². The highest BCUT2D eigenvalue weighted by Crippen LogP contribution is 1.98. The number of aromatic nitrogens is 1. The highest BCUT2D eigenvalue weighted by atomic mass is 127. The summed E-state index contributed by atoms with van der Waals surface area (Å²) in [7, 11) is 1.67. The third-order valence-corrected chi connectivity index (χ3v) is 3.52. The van der Waals surface area contributed by atoms with Gasteiger partial charge in [0.25, 0.3) is 5.56 Å². The minimum Gasteiger partial charge on any atom is -0.356 e. The largest absolute Gasteiger partial charge is 0.356 e. The summed E-state index contributed by atoms with van der Waals surface area (Å²) >= 11 is 0. The van der Waals surface area contributed by atoms with Crippen molar-refractivity contribution in [2.24, 2.45) is 4.99 Å². The Bertz CT molecular complexity index is 650. The molecule has 0 bridgehead atoms. The van der Waals surface area contributed by atoms with E-state index < -0.39 is 0 Å². The van der Waals surface area contributed by atoms with Gasteiger partial charge in [0, 0.05) is 37.4 Å². The summed E-state index contributed by atoms with van der Waals surface area (Å²) in [6, 6.07) is 5.30. The smallest absolute Gasteiger partial charge is 0.250 e. The summed E-state index contributed by atoms with van der Waals surface area (Å²) < 4.78 is 1.78. The monoisotopic (exact) mass is 477 g/mol. The molecular weight excluding hydrogens is 445 g/mol. The quantitative estimate of drug-likeness (QED) is 0.241. The maximum absolute atomic E-state index is 11.8. The van der Waals surface area contributed by atoms with Gasteiger partial charge in [-0.1, -0.05) is 6.07 Å². The van der Waals surface area contributed by atoms with Gasteiger partial charge in [-0.05, 0) is 46.6 Å². The Morgan fingerprint density at radius 1 is 1.19 bits per heavy atom. The number of carbonyl (C=O) groups is 1. The molecule has 0 unspecified atom stereocenters. The van der Waals surface area contributed by atoms with E-state index in [2.05, 4.69) is 20.9 Å². The number of nitrogens with one attached hydrogen (secondary N) is 3. The van der Waals surface area contributed by atoms with Crippen LogP contribution in [0, 0.1) is 6.92 Å². The van der Waals surface area contributed by atoms with Crippen LogP contribution in [0.4, 0.5) is 0 Å². The number of halogens is 1. The van der Waals surface area contributed by atoms with E-state index in [0.717, 1.165) is 25.1 Å². The van der Waals surface area contributed by atoms with E-state index in [0.29, 0.717) is 12.5 Å². The Balaban J connectivity index is 0.00000625. The number of unbranched alkanes of at least 4 members (excludes halogenated alkanes) is 1. The van der Waals surface area contributed by atoms with Crippen molar-refractivity contribution in [1.82, 2.24) is 20.5 Å². The Labute approximate surface area is 173 Å². The van der Waals surface area contributed by atoms with Gasteiger partial charge in [-0.2, -0.15) is 0 Å². The van der Waals surface area contributed by atoms with E-state index in [4.69, 9.17) is 0 Å². The van der Waals surface area contributed by atoms with Crippen molar-refractivity contribution in [3.05, 3.63) is 34.2 Å². The van der Waals surface area contributed by atoms with Crippen molar-refractivity contribution >= 4 is 35.8 Å². The van der Waals surface area contributed by atoms with Crippen LogP contribution in [0.15, 0.2) is 28.0 Å². The van der Waals surface area contributed by atoms with E-state index >= 15 is 0 Å². The van der Waals surface area contributed by atoms with Crippen LogP contribution in [0.3, 0.4) is 0 Å². The number of rotatable bonds is 7. The molecule has 0 spiro atoms. The number of amides is 1. The highest BCUT2D eigenvalue weighted by Gasteiger charge is 2.13. The lowest BCUT2D eigenvalue weighted by atomic mass is 10.1. The lowest BCUT2D eigenvalue weighted by Gasteiger charge is -2.21. The number of aryl methyl sites for hydroxylation is 1. The Morgan fingerprint density at radius 2 is 1.88 bits per heavy atom. The lowest BCUT2D eigenvalue weighted by molar-refractivity contribution is -0.121. The molecule has 148 valence electrons. The van der Waals surface area contributed by atoms with Gasteiger partial charge in [0.15, 0.2) is 5.96 Å². The van der Waals surface area contributed by atoms with E-state index in [1.807, 2.05) is 33.8 Å². The standard InChI is InChI=1S/C18H31N5O2.HI/c1-14-9-8-10-16(25)23(14)12-7-6-11-20-17(19-5)21-13-15(24)22-18(2,3)4;/h8-10H,6-7,11-13H2,1-5H3,(H,22,24)(H2,19,20,21);1H. The topological polar surface area (TPSA) is 87.5 Å². The normalized spacial score (nSPS) is 11.5. The number of pyridine rings is 1. The molecule has 8 heteroatoms. The van der Waals surface area contributed by atoms with Crippen molar-refractivity contribution in [3.8, 4) is 0 Å². The summed E-state index contributed by atoms with van der Waals surface area (Å²) in [4.78, 5) is 27.7. The molecule has 0 saturated carbocycles. The zero-order valence-corrected chi connectivity index (χ0v) is 18.7. The molecule has 1 heterocycles. The average Bonchev–Trinajstić information content (AvgIpc) is 2.50. The van der Waals surface area contributed by atoms with Gasteiger partial charge >= 0.3 is 0 Å². The second-order valence-electron chi connectivity index (χ2n) is 7.01. The predicted octanol–water partition coefficient (Wildman–Crippen LogP) is 1.63. The van der Waals surface area contributed by atoms with Gasteiger partial charge in [0.2, 0.25) is 5.91 Å². The van der Waals surface area contributed by atoms with Crippen LogP contribution >= 0.6 is 24.0 Å². The molecule has 7 nitrogen and oxygen atoms in total. The first-order valence-electron chi connectivity index (χ1n) is 8.65. The third kappa shape index (κ3) is 9.79. The molecule has 0 saturated heterocycles. The fraction of sp³-hybridized carbons (Fsp3) is 0.611. The predicted molar refractivity (Wildman–Crippen MR) is 117 cm³/mol. The fourth-order valence-corrected chi connectivity index (χ4v) is 2.36. The first kappa shape index (κ1) is 24.4. The summed E-state index contributed by atoms with van der Waals surface area (Å²) in [5.74, 6) is 0.520. The molecule has 1 aromatic rings. The summed E-state index contributed by atoms with van der Waals surface area (Å²) in [5.41, 5.74) is 0.765. The molecular formula is C18H32IN5O2. The first-order valence-corrected chi connectivity index (χ1v) is 8.65. The second-order valence-corrected chi connectivity index (χ2v) is 7.01. The number of hydrogen-bond acceptors (Lipinski definition) is 3. The van der Waals surface area contributed by atoms with Crippen LogP contribution < -0.4 is 21.5 Å². The van der Waals surface area contributed by atoms with Crippen LogP contribution in [-0.2, 0) is 11.3 Å². The lowest BCUT2D eigenvalue weighted by Crippen LogP contribution is -2.48. The molecule has 1 aromatic heterocycles. The van der Waals surface area contributed by atoms with Gasteiger partial charge in [-0.3, -0.25) is 14.6 Å². The third-order valence-electron chi connectivity index (χ3n) is 3.52. The van der Waals surface area contributed by atoms with E-state index in [9.17, 15) is 9.59 Å². The van der Waals surface area contributed by atoms with Crippen LogP contribution in [0.2, 0.25) is 0 Å². The van der Waals surface area contributed by atoms with Gasteiger partial charge in [-0.25, -0.2) is 0 Å². The van der Waals surface area contributed by atoms with E-state index in [-0.39, 0.29) is 47.5 Å². The molecule has 3 N–H and O–H groups in total. The van der Waals surface area contributed by atoms with Crippen molar-refractivity contribution in [3.63, 3.8) is 0 Å². The van der Waals surface area contributed by atoms with Gasteiger partial charge in [0.1, 0.15) is 0 Å². The number of aliphatic imine (C=N–C) groups is 1. The van der Waals surface area contributed by atoms with Gasteiger partial charge in [-0.15, -0.1) is 24.0 Å². The maximum atomic E-state index is 11.8. The molecule has 0 radical (unpaired) electrons. The molecule has 1 amide bonds. The average molecular weight is 477 g/mol. The summed E-state index contributed by atoms with van der Waals surface area (Å²) in [6.07, 6.45) is 1.79. The molecule has 0 aromatic carbocycles. The molecule has 0 aliphatic rings.